The number of aryl methyl sites for hydroxylation is 2. The van der Waals surface area contributed by atoms with Crippen LogP contribution in [0.25, 0.3) is 0 Å². The van der Waals surface area contributed by atoms with Crippen LogP contribution in [0.1, 0.15) is 45.4 Å². The predicted octanol–water partition coefficient (Wildman–Crippen LogP) is 5.12. The van der Waals surface area contributed by atoms with E-state index in [9.17, 15) is 24.3 Å². The van der Waals surface area contributed by atoms with Crippen LogP contribution in [0.3, 0.4) is 0 Å². The van der Waals surface area contributed by atoms with Gasteiger partial charge in [0.05, 0.1) is 31.7 Å². The Morgan fingerprint density at radius 3 is 2.29 bits per heavy atom. The Kier molecular flexibility index (Phi) is 10.2. The summed E-state index contributed by atoms with van der Waals surface area (Å²) in [5, 5.41) is 18.6. The molecule has 4 aromatic rings. The summed E-state index contributed by atoms with van der Waals surface area (Å²) in [6, 6.07) is 19.7. The summed E-state index contributed by atoms with van der Waals surface area (Å²) in [7, 11) is 4.80. The van der Waals surface area contributed by atoms with E-state index in [0.717, 1.165) is 11.3 Å². The molecule has 45 heavy (non-hydrogen) atoms. The summed E-state index contributed by atoms with van der Waals surface area (Å²) in [5.41, 5.74) is 4.04. The lowest BCUT2D eigenvalue weighted by Gasteiger charge is -2.22. The topological polar surface area (TPSA) is 154 Å². The van der Waals surface area contributed by atoms with Crippen LogP contribution >= 0.6 is 0 Å². The number of hydrogen-bond donors (Lipinski definition) is 3. The molecule has 0 spiro atoms. The minimum absolute atomic E-state index is 0.0477. The number of para-hydroxylation sites is 1. The normalized spacial score (nSPS) is 11.3. The molecule has 4 rings (SSSR count). The fourth-order valence-corrected chi connectivity index (χ4v) is 4.70. The van der Waals surface area contributed by atoms with Gasteiger partial charge in [0.2, 0.25) is 5.91 Å². The van der Waals surface area contributed by atoms with Gasteiger partial charge in [0, 0.05) is 31.5 Å². The van der Waals surface area contributed by atoms with Gasteiger partial charge in [-0.25, -0.2) is 4.79 Å². The number of rotatable bonds is 11. The molecular weight excluding hydrogens is 578 g/mol. The number of carbonyl (C=O) groups excluding carboxylic acids is 3. The Hall–Kier alpha value is -5.65. The first kappa shape index (κ1) is 32.3. The molecule has 0 radical (unpaired) electrons. The average molecular weight is 614 g/mol. The number of nitrogens with zero attached hydrogens (tertiary/aromatic N) is 3. The fraction of sp³-hybridized carbons (Fsp3) is 0.242. The number of carboxylic acid groups (broad SMARTS) is 1. The second kappa shape index (κ2) is 14.2. The highest BCUT2D eigenvalue weighted by Crippen LogP contribution is 2.28. The van der Waals surface area contributed by atoms with Crippen LogP contribution in [0, 0.1) is 13.8 Å². The van der Waals surface area contributed by atoms with Crippen molar-refractivity contribution in [2.24, 2.45) is 0 Å². The molecule has 0 fully saturated rings. The largest absolute Gasteiger partial charge is 0.495 e. The zero-order valence-corrected chi connectivity index (χ0v) is 25.7. The number of carboxylic acids is 1. The molecule has 0 aliphatic carbocycles. The molecule has 0 aliphatic rings. The molecule has 0 aliphatic heterocycles. The molecule has 4 amide bonds. The summed E-state index contributed by atoms with van der Waals surface area (Å²) in [6.07, 6.45) is -0.294. The molecule has 12 nitrogen and oxygen atoms in total. The van der Waals surface area contributed by atoms with E-state index in [-0.39, 0.29) is 30.5 Å². The van der Waals surface area contributed by atoms with Gasteiger partial charge >= 0.3 is 12.0 Å². The smallest absolute Gasteiger partial charge is 0.326 e. The van der Waals surface area contributed by atoms with Crippen LogP contribution in [0.4, 0.5) is 21.9 Å². The number of nitrogens with one attached hydrogen (secondary N) is 2. The highest BCUT2D eigenvalue weighted by molar-refractivity contribution is 6.02. The van der Waals surface area contributed by atoms with Crippen LogP contribution in [-0.2, 0) is 16.0 Å². The van der Waals surface area contributed by atoms with Gasteiger partial charge in [0.15, 0.2) is 5.69 Å². The van der Waals surface area contributed by atoms with E-state index in [1.807, 2.05) is 31.2 Å². The van der Waals surface area contributed by atoms with E-state index in [1.54, 1.807) is 63.5 Å². The third-order valence-electron chi connectivity index (χ3n) is 7.25. The van der Waals surface area contributed by atoms with Gasteiger partial charge in [-0.15, -0.1) is 0 Å². The Morgan fingerprint density at radius 2 is 1.67 bits per heavy atom. The van der Waals surface area contributed by atoms with Gasteiger partial charge in [-0.3, -0.25) is 19.3 Å². The van der Waals surface area contributed by atoms with Crippen LogP contribution in [0.15, 0.2) is 77.3 Å². The predicted molar refractivity (Wildman–Crippen MR) is 169 cm³/mol. The standard InChI is InChI=1S/C33H35N5O7/c1-20-8-6-7-9-28(20)38(4)33(43)35-25-15-10-22(17-29(25)44-5)18-30(39)37(3)24-13-11-23(12-14-24)26(19-31(40)41)34-32(42)27-16-21(2)45-36-27/h6-17,26H,18-19H2,1-5H3,(H,34,42)(H,35,43)(H,40,41). The molecule has 3 aromatic carbocycles. The lowest BCUT2D eigenvalue weighted by Crippen LogP contribution is -2.31. The number of carbonyl (C=O) groups is 4. The van der Waals surface area contributed by atoms with Crippen molar-refractivity contribution in [3.63, 3.8) is 0 Å². The van der Waals surface area contributed by atoms with E-state index >= 15 is 0 Å². The van der Waals surface area contributed by atoms with E-state index in [0.29, 0.717) is 34.0 Å². The van der Waals surface area contributed by atoms with E-state index in [1.165, 1.54) is 23.0 Å². The molecule has 3 N–H and O–H groups in total. The average Bonchev–Trinajstić information content (AvgIpc) is 3.47. The third kappa shape index (κ3) is 8.05. The van der Waals surface area contributed by atoms with Crippen LogP contribution in [-0.4, -0.2) is 55.3 Å². The molecule has 0 bridgehead atoms. The number of anilines is 3. The summed E-state index contributed by atoms with van der Waals surface area (Å²) < 4.78 is 10.4. The molecule has 0 saturated heterocycles. The Morgan fingerprint density at radius 1 is 0.956 bits per heavy atom. The second-order valence-corrected chi connectivity index (χ2v) is 10.5. The number of aromatic nitrogens is 1. The first-order chi connectivity index (χ1) is 21.5. The highest BCUT2D eigenvalue weighted by Gasteiger charge is 2.22. The second-order valence-electron chi connectivity index (χ2n) is 10.5. The maximum absolute atomic E-state index is 13.2. The SMILES string of the molecule is COc1cc(CC(=O)N(C)c2ccc(C(CC(=O)O)NC(=O)c3cc(C)on3)cc2)ccc1NC(=O)N(C)c1ccccc1C. The molecule has 1 aromatic heterocycles. The number of hydrogen-bond acceptors (Lipinski definition) is 7. The van der Waals surface area contributed by atoms with Gasteiger partial charge in [0.1, 0.15) is 11.5 Å². The van der Waals surface area contributed by atoms with Crippen molar-refractivity contribution in [2.75, 3.05) is 36.3 Å². The summed E-state index contributed by atoms with van der Waals surface area (Å²) in [5.74, 6) is -1.00. The van der Waals surface area contributed by atoms with Gasteiger partial charge in [-0.2, -0.15) is 0 Å². The molecular formula is C33H35N5O7. The molecule has 12 heteroatoms. The van der Waals surface area contributed by atoms with Gasteiger partial charge in [-0.05, 0) is 60.9 Å². The number of benzene rings is 3. The number of amides is 4. The van der Waals surface area contributed by atoms with Crippen molar-refractivity contribution in [1.29, 1.82) is 0 Å². The first-order valence-corrected chi connectivity index (χ1v) is 14.1. The number of methoxy groups -OCH3 is 1. The fourth-order valence-electron chi connectivity index (χ4n) is 4.70. The van der Waals surface area contributed by atoms with Crippen molar-refractivity contribution in [3.05, 3.63) is 101 Å². The lowest BCUT2D eigenvalue weighted by molar-refractivity contribution is -0.137. The van der Waals surface area contributed by atoms with Crippen LogP contribution < -0.4 is 25.2 Å². The maximum atomic E-state index is 13.2. The molecule has 1 unspecified atom stereocenters. The van der Waals surface area contributed by atoms with Crippen molar-refractivity contribution >= 4 is 40.9 Å². The van der Waals surface area contributed by atoms with Crippen molar-refractivity contribution in [3.8, 4) is 5.75 Å². The monoisotopic (exact) mass is 613 g/mol. The van der Waals surface area contributed by atoms with Crippen LogP contribution in [0.5, 0.6) is 5.75 Å². The van der Waals surface area contributed by atoms with Crippen molar-refractivity contribution in [1.82, 2.24) is 10.5 Å². The number of aliphatic carboxylic acids is 1. The number of ether oxygens (including phenoxy) is 1. The molecule has 234 valence electrons. The lowest BCUT2D eigenvalue weighted by atomic mass is 10.0. The van der Waals surface area contributed by atoms with E-state index in [4.69, 9.17) is 9.26 Å². The zero-order valence-electron chi connectivity index (χ0n) is 25.7. The Balaban J connectivity index is 1.41. The van der Waals surface area contributed by atoms with E-state index in [2.05, 4.69) is 15.8 Å². The van der Waals surface area contributed by atoms with Crippen molar-refractivity contribution in [2.45, 2.75) is 32.7 Å². The molecule has 1 atom stereocenters. The summed E-state index contributed by atoms with van der Waals surface area (Å²) in [6.45, 7) is 3.57. The van der Waals surface area contributed by atoms with Crippen molar-refractivity contribution < 1.29 is 33.5 Å². The number of urea groups is 1. The maximum Gasteiger partial charge on any atom is 0.326 e. The first-order valence-electron chi connectivity index (χ1n) is 14.1. The highest BCUT2D eigenvalue weighted by atomic mass is 16.5. The van der Waals surface area contributed by atoms with Gasteiger partial charge < -0.3 is 29.9 Å². The quantitative estimate of drug-likeness (QED) is 0.211. The number of likely N-dealkylation sites (N-methyl/N-ethyl adjacent to an activating group) is 1. The zero-order chi connectivity index (χ0) is 32.7. The van der Waals surface area contributed by atoms with Gasteiger partial charge in [-0.1, -0.05) is 41.6 Å². The summed E-state index contributed by atoms with van der Waals surface area (Å²) >= 11 is 0. The minimum atomic E-state index is -1.09. The van der Waals surface area contributed by atoms with E-state index < -0.39 is 17.9 Å². The molecule has 0 saturated carbocycles. The minimum Gasteiger partial charge on any atom is -0.495 e. The Labute approximate surface area is 260 Å². The summed E-state index contributed by atoms with van der Waals surface area (Å²) in [4.78, 5) is 53.2. The van der Waals surface area contributed by atoms with Gasteiger partial charge in [0.25, 0.3) is 5.91 Å². The molecule has 1 heterocycles. The Bertz CT molecular complexity index is 1700. The third-order valence-corrected chi connectivity index (χ3v) is 7.25. The van der Waals surface area contributed by atoms with Crippen LogP contribution in [0.2, 0.25) is 0 Å².